The number of pyridine rings is 2. The van der Waals surface area contributed by atoms with Crippen molar-refractivity contribution in [3.8, 4) is 6.07 Å². The molecule has 18 heavy (non-hydrogen) atoms. The van der Waals surface area contributed by atoms with Crippen LogP contribution in [0.3, 0.4) is 0 Å². The summed E-state index contributed by atoms with van der Waals surface area (Å²) < 4.78 is 0. The Kier molecular flexibility index (Phi) is 3.45. The normalized spacial score (nSPS) is 9.89. The average molecular weight is 259 g/mol. The van der Waals surface area contributed by atoms with Crippen molar-refractivity contribution in [1.82, 2.24) is 9.97 Å². The van der Waals surface area contributed by atoms with Crippen molar-refractivity contribution in [2.45, 2.75) is 13.8 Å². The molecule has 5 heteroatoms. The molecule has 0 saturated carbocycles. The first-order valence-electron chi connectivity index (χ1n) is 5.37. The summed E-state index contributed by atoms with van der Waals surface area (Å²) in [6.45, 7) is 3.83. The molecule has 0 amide bonds. The molecular weight excluding hydrogens is 248 g/mol. The highest BCUT2D eigenvalue weighted by molar-refractivity contribution is 6.34. The number of nitrogens with one attached hydrogen (secondary N) is 1. The fraction of sp³-hybridized carbons (Fsp3) is 0.154. The Morgan fingerprint density at radius 1 is 1.28 bits per heavy atom. The minimum Gasteiger partial charge on any atom is -0.337 e. The monoisotopic (exact) mass is 258 g/mol. The molecule has 0 aliphatic carbocycles. The van der Waals surface area contributed by atoms with Crippen LogP contribution < -0.4 is 5.32 Å². The molecule has 0 fully saturated rings. The number of nitriles is 1. The van der Waals surface area contributed by atoms with Crippen molar-refractivity contribution in [2.75, 3.05) is 5.32 Å². The Morgan fingerprint density at radius 3 is 2.72 bits per heavy atom. The number of hydrogen-bond donors (Lipinski definition) is 1. The molecule has 4 nitrogen and oxygen atoms in total. The van der Waals surface area contributed by atoms with E-state index in [4.69, 9.17) is 16.9 Å². The van der Waals surface area contributed by atoms with Gasteiger partial charge in [0.15, 0.2) is 5.82 Å². The predicted molar refractivity (Wildman–Crippen MR) is 71.0 cm³/mol. The zero-order valence-electron chi connectivity index (χ0n) is 10.0. The van der Waals surface area contributed by atoms with E-state index < -0.39 is 0 Å². The molecule has 0 saturated heterocycles. The van der Waals surface area contributed by atoms with Crippen LogP contribution in [0.15, 0.2) is 24.4 Å². The highest BCUT2D eigenvalue weighted by atomic mass is 35.5. The second-order valence-corrected chi connectivity index (χ2v) is 4.22. The predicted octanol–water partition coefficient (Wildman–Crippen LogP) is 3.36. The van der Waals surface area contributed by atoms with Gasteiger partial charge in [-0.3, -0.25) is 4.98 Å². The van der Waals surface area contributed by atoms with E-state index in [1.165, 1.54) is 0 Å². The first kappa shape index (κ1) is 12.3. The molecule has 0 bridgehead atoms. The van der Waals surface area contributed by atoms with E-state index in [0.717, 1.165) is 17.1 Å². The van der Waals surface area contributed by atoms with Crippen LogP contribution in [0.1, 0.15) is 17.0 Å². The fourth-order valence-electron chi connectivity index (χ4n) is 1.56. The van der Waals surface area contributed by atoms with Crippen LogP contribution in [0.25, 0.3) is 0 Å². The maximum atomic E-state index is 8.90. The number of aromatic nitrogens is 2. The molecule has 2 aromatic rings. The first-order chi connectivity index (χ1) is 8.61. The molecule has 0 atom stereocenters. The van der Waals surface area contributed by atoms with Crippen molar-refractivity contribution in [2.24, 2.45) is 0 Å². The third kappa shape index (κ3) is 2.41. The molecule has 0 spiro atoms. The molecule has 0 aliphatic rings. The highest BCUT2D eigenvalue weighted by Gasteiger charge is 2.08. The van der Waals surface area contributed by atoms with Gasteiger partial charge in [0.2, 0.25) is 0 Å². The molecule has 0 unspecified atom stereocenters. The lowest BCUT2D eigenvalue weighted by molar-refractivity contribution is 1.12. The number of rotatable bonds is 2. The highest BCUT2D eigenvalue weighted by Crippen LogP contribution is 2.26. The van der Waals surface area contributed by atoms with Gasteiger partial charge in [-0.1, -0.05) is 11.6 Å². The number of nitrogens with zero attached hydrogens (tertiary/aromatic N) is 3. The van der Waals surface area contributed by atoms with Crippen LogP contribution in [-0.4, -0.2) is 9.97 Å². The van der Waals surface area contributed by atoms with Gasteiger partial charge in [0.05, 0.1) is 16.9 Å². The average Bonchev–Trinajstić information content (AvgIpc) is 2.35. The Labute approximate surface area is 110 Å². The van der Waals surface area contributed by atoms with Gasteiger partial charge in [-0.25, -0.2) is 4.98 Å². The van der Waals surface area contributed by atoms with Gasteiger partial charge in [-0.15, -0.1) is 0 Å². The lowest BCUT2D eigenvalue weighted by Gasteiger charge is -2.10. The molecule has 0 aromatic carbocycles. The summed E-state index contributed by atoms with van der Waals surface area (Å²) in [5, 5.41) is 12.3. The van der Waals surface area contributed by atoms with Crippen LogP contribution in [-0.2, 0) is 0 Å². The van der Waals surface area contributed by atoms with Gasteiger partial charge in [-0.05, 0) is 32.0 Å². The smallest absolute Gasteiger partial charge is 0.150 e. The van der Waals surface area contributed by atoms with Crippen molar-refractivity contribution < 1.29 is 0 Å². The van der Waals surface area contributed by atoms with E-state index in [-0.39, 0.29) is 0 Å². The van der Waals surface area contributed by atoms with Gasteiger partial charge >= 0.3 is 0 Å². The summed E-state index contributed by atoms with van der Waals surface area (Å²) in [7, 11) is 0. The molecule has 90 valence electrons. The second kappa shape index (κ2) is 5.03. The first-order valence-corrected chi connectivity index (χ1v) is 5.75. The third-order valence-electron chi connectivity index (χ3n) is 2.49. The van der Waals surface area contributed by atoms with E-state index in [2.05, 4.69) is 15.3 Å². The van der Waals surface area contributed by atoms with E-state index in [1.54, 1.807) is 12.3 Å². The molecular formula is C13H11ClN4. The SMILES string of the molecule is Cc1ccc(Nc2nccc(C#N)c2Cl)c(C)n1. The van der Waals surface area contributed by atoms with Crippen molar-refractivity contribution in [1.29, 1.82) is 5.26 Å². The molecule has 2 rings (SSSR count). The lowest BCUT2D eigenvalue weighted by Crippen LogP contribution is -1.99. The molecule has 2 heterocycles. The van der Waals surface area contributed by atoms with E-state index in [0.29, 0.717) is 16.4 Å². The zero-order chi connectivity index (χ0) is 13.1. The summed E-state index contributed by atoms with van der Waals surface area (Å²) >= 11 is 6.07. The Balaban J connectivity index is 2.38. The van der Waals surface area contributed by atoms with Crippen LogP contribution in [0.5, 0.6) is 0 Å². The molecule has 0 radical (unpaired) electrons. The molecule has 0 aliphatic heterocycles. The van der Waals surface area contributed by atoms with Crippen LogP contribution in [0, 0.1) is 25.2 Å². The van der Waals surface area contributed by atoms with Gasteiger partial charge in [0.25, 0.3) is 0 Å². The second-order valence-electron chi connectivity index (χ2n) is 3.84. The van der Waals surface area contributed by atoms with Crippen molar-refractivity contribution in [3.63, 3.8) is 0 Å². The van der Waals surface area contributed by atoms with Gasteiger partial charge in [0.1, 0.15) is 11.1 Å². The third-order valence-corrected chi connectivity index (χ3v) is 2.87. The van der Waals surface area contributed by atoms with Crippen LogP contribution in [0.2, 0.25) is 5.02 Å². The maximum Gasteiger partial charge on any atom is 0.150 e. The number of anilines is 2. The standard InChI is InChI=1S/C13H11ClN4/c1-8-3-4-11(9(2)17-8)18-13-12(14)10(7-15)5-6-16-13/h3-6H,1-2H3,(H,16,18). The molecule has 2 aromatic heterocycles. The summed E-state index contributed by atoms with van der Waals surface area (Å²) in [6, 6.07) is 7.41. The van der Waals surface area contributed by atoms with E-state index in [1.807, 2.05) is 32.0 Å². The minimum absolute atomic E-state index is 0.319. The van der Waals surface area contributed by atoms with E-state index in [9.17, 15) is 0 Å². The topological polar surface area (TPSA) is 61.6 Å². The van der Waals surface area contributed by atoms with Crippen LogP contribution in [0.4, 0.5) is 11.5 Å². The Hall–Kier alpha value is -2.12. The van der Waals surface area contributed by atoms with Gasteiger partial charge in [-0.2, -0.15) is 5.26 Å². The number of hydrogen-bond acceptors (Lipinski definition) is 4. The molecule has 1 N–H and O–H groups in total. The van der Waals surface area contributed by atoms with Crippen LogP contribution >= 0.6 is 11.6 Å². The Bertz CT molecular complexity index is 631. The summed E-state index contributed by atoms with van der Waals surface area (Å²) in [6.07, 6.45) is 1.55. The summed E-state index contributed by atoms with van der Waals surface area (Å²) in [5.74, 6) is 0.462. The minimum atomic E-state index is 0.319. The van der Waals surface area contributed by atoms with Gasteiger partial charge in [0, 0.05) is 11.9 Å². The largest absolute Gasteiger partial charge is 0.337 e. The summed E-state index contributed by atoms with van der Waals surface area (Å²) in [4.78, 5) is 8.47. The maximum absolute atomic E-state index is 8.90. The Morgan fingerprint density at radius 2 is 2.06 bits per heavy atom. The lowest BCUT2D eigenvalue weighted by atomic mass is 10.2. The quantitative estimate of drug-likeness (QED) is 0.897. The van der Waals surface area contributed by atoms with Crippen molar-refractivity contribution >= 4 is 23.1 Å². The zero-order valence-corrected chi connectivity index (χ0v) is 10.8. The number of aryl methyl sites for hydroxylation is 2. The number of halogens is 1. The van der Waals surface area contributed by atoms with Crippen molar-refractivity contribution in [3.05, 3.63) is 46.4 Å². The summed E-state index contributed by atoms with van der Waals surface area (Å²) in [5.41, 5.74) is 3.02. The fourth-order valence-corrected chi connectivity index (χ4v) is 1.76. The van der Waals surface area contributed by atoms with E-state index >= 15 is 0 Å². The van der Waals surface area contributed by atoms with Gasteiger partial charge < -0.3 is 5.32 Å².